The number of hydrogen-bond acceptors (Lipinski definition) is 3. The third-order valence-corrected chi connectivity index (χ3v) is 3.47. The highest BCUT2D eigenvalue weighted by atomic mass is 127. The maximum absolute atomic E-state index is 5.45. The molecule has 0 unspecified atom stereocenters. The van der Waals surface area contributed by atoms with Crippen molar-refractivity contribution in [2.24, 2.45) is 0 Å². The van der Waals surface area contributed by atoms with Crippen molar-refractivity contribution in [3.05, 3.63) is 48.8 Å². The highest BCUT2D eigenvalue weighted by Crippen LogP contribution is 2.33. The molecule has 0 fully saturated rings. The fourth-order valence-corrected chi connectivity index (χ4v) is 2.37. The summed E-state index contributed by atoms with van der Waals surface area (Å²) in [5, 5.41) is 0. The topological polar surface area (TPSA) is 35.8 Å². The van der Waals surface area contributed by atoms with Gasteiger partial charge in [-0.15, -0.1) is 0 Å². The average Bonchev–Trinajstić information content (AvgIpc) is 2.95. The van der Waals surface area contributed by atoms with Gasteiger partial charge in [0.15, 0.2) is 23.0 Å². The van der Waals surface area contributed by atoms with Crippen molar-refractivity contribution in [3.8, 4) is 22.8 Å². The van der Waals surface area contributed by atoms with Crippen LogP contribution in [0.5, 0.6) is 11.5 Å². The zero-order valence-corrected chi connectivity index (χ0v) is 12.4. The Hall–Kier alpha value is -1.76. The molecule has 4 nitrogen and oxygen atoms in total. The maximum atomic E-state index is 5.45. The lowest BCUT2D eigenvalue weighted by molar-refractivity contribution is 0.415. The second kappa shape index (κ2) is 5.08. The van der Waals surface area contributed by atoms with Gasteiger partial charge in [0.25, 0.3) is 0 Å². The number of fused-ring (bicyclic) bond motifs is 1. The molecule has 0 amide bonds. The third kappa shape index (κ3) is 2.14. The summed E-state index contributed by atoms with van der Waals surface area (Å²) >= 11 is 1.86. The quantitative estimate of drug-likeness (QED) is 0.663. The molecule has 19 heavy (non-hydrogen) atoms. The van der Waals surface area contributed by atoms with Gasteiger partial charge >= 0.3 is 0 Å². The average molecular weight is 366 g/mol. The molecule has 3 rings (SSSR count). The van der Waals surface area contributed by atoms with E-state index in [9.17, 15) is 0 Å². The molecule has 5 heteroatoms. The van der Waals surface area contributed by atoms with Crippen LogP contribution in [0, 0.1) is 0 Å². The number of hydrogen-bond donors (Lipinski definition) is 0. The van der Waals surface area contributed by atoms with Gasteiger partial charge in [-0.1, -0.05) is 6.07 Å². The summed E-state index contributed by atoms with van der Waals surface area (Å²) in [7, 11) is 1.66. The number of halogens is 1. The first kappa shape index (κ1) is 12.3. The zero-order chi connectivity index (χ0) is 13.2. The van der Waals surface area contributed by atoms with Crippen molar-refractivity contribution in [3.63, 3.8) is 0 Å². The Morgan fingerprint density at radius 1 is 1.21 bits per heavy atom. The number of benzene rings is 1. The van der Waals surface area contributed by atoms with E-state index < -0.39 is 0 Å². The summed E-state index contributed by atoms with van der Waals surface area (Å²) in [6, 6.07) is 11.8. The second-order valence-electron chi connectivity index (χ2n) is 4.01. The highest BCUT2D eigenvalue weighted by Gasteiger charge is 2.10. The number of rotatable bonds is 3. The van der Waals surface area contributed by atoms with E-state index in [0.717, 1.165) is 28.4 Å². The highest BCUT2D eigenvalue weighted by molar-refractivity contribution is 14.1. The smallest absolute Gasteiger partial charge is 0.192 e. The number of ether oxygens (including phenoxy) is 1. The monoisotopic (exact) mass is 366 g/mol. The van der Waals surface area contributed by atoms with Crippen molar-refractivity contribution in [1.82, 2.24) is 9.38 Å². The molecular weight excluding hydrogens is 355 g/mol. The molecule has 0 spiro atoms. The van der Waals surface area contributed by atoms with E-state index >= 15 is 0 Å². The molecule has 0 aliphatic carbocycles. The van der Waals surface area contributed by atoms with Crippen LogP contribution < -0.4 is 7.80 Å². The van der Waals surface area contributed by atoms with Gasteiger partial charge in [0.1, 0.15) is 17.1 Å². The molecule has 2 aromatic heterocycles. The summed E-state index contributed by atoms with van der Waals surface area (Å²) in [5.74, 6) is 1.54. The van der Waals surface area contributed by atoms with Crippen LogP contribution in [0.4, 0.5) is 0 Å². The Bertz CT molecular complexity index is 724. The number of aromatic nitrogens is 2. The number of imidazole rings is 1. The van der Waals surface area contributed by atoms with Crippen LogP contribution in [0.15, 0.2) is 48.8 Å². The molecule has 0 N–H and O–H groups in total. The molecule has 0 radical (unpaired) electrons. The minimum absolute atomic E-state index is 0.763. The van der Waals surface area contributed by atoms with Crippen LogP contribution in [-0.4, -0.2) is 16.5 Å². The Morgan fingerprint density at radius 2 is 2.11 bits per heavy atom. The predicted molar refractivity (Wildman–Crippen MR) is 81.8 cm³/mol. The van der Waals surface area contributed by atoms with E-state index in [1.54, 1.807) is 13.3 Å². The molecule has 0 bridgehead atoms. The van der Waals surface area contributed by atoms with Crippen LogP contribution in [0.1, 0.15) is 0 Å². The van der Waals surface area contributed by atoms with E-state index in [2.05, 4.69) is 4.98 Å². The van der Waals surface area contributed by atoms with Gasteiger partial charge in [0, 0.05) is 24.0 Å². The molecule has 3 aromatic rings. The number of pyridine rings is 1. The minimum atomic E-state index is 0.763. The Labute approximate surface area is 124 Å². The van der Waals surface area contributed by atoms with E-state index in [4.69, 9.17) is 7.80 Å². The zero-order valence-electron chi connectivity index (χ0n) is 10.2. The lowest BCUT2D eigenvalue weighted by Gasteiger charge is -2.11. The molecule has 0 aliphatic rings. The number of methoxy groups -OCH3 is 1. The summed E-state index contributed by atoms with van der Waals surface area (Å²) in [4.78, 5) is 4.29. The van der Waals surface area contributed by atoms with Gasteiger partial charge in [0.2, 0.25) is 0 Å². The Morgan fingerprint density at radius 3 is 2.89 bits per heavy atom. The standard InChI is InChI=1S/C14H11IN2O2/c1-18-13-9-10(19-15)5-6-11(13)12-3-2-4-14-16-7-8-17(12)14/h2-9H,1H3. The van der Waals surface area contributed by atoms with Crippen molar-refractivity contribution < 1.29 is 7.80 Å². The van der Waals surface area contributed by atoms with Crippen LogP contribution >= 0.6 is 23.0 Å². The third-order valence-electron chi connectivity index (χ3n) is 2.97. The first-order chi connectivity index (χ1) is 9.33. The number of nitrogens with zero attached hydrogens (tertiary/aromatic N) is 2. The first-order valence-corrected chi connectivity index (χ1v) is 6.60. The molecule has 96 valence electrons. The van der Waals surface area contributed by atoms with Gasteiger partial charge in [0.05, 0.1) is 12.8 Å². The van der Waals surface area contributed by atoms with Gasteiger partial charge in [-0.25, -0.2) is 4.98 Å². The predicted octanol–water partition coefficient (Wildman–Crippen LogP) is 3.74. The fraction of sp³-hybridized carbons (Fsp3) is 0.0714. The summed E-state index contributed by atoms with van der Waals surface area (Å²) in [6.45, 7) is 0. The summed E-state index contributed by atoms with van der Waals surface area (Å²) in [6.07, 6.45) is 3.72. The molecule has 0 saturated heterocycles. The van der Waals surface area contributed by atoms with Crippen molar-refractivity contribution >= 4 is 28.7 Å². The minimum Gasteiger partial charge on any atom is -0.496 e. The SMILES string of the molecule is COc1cc(OI)ccc1-c1cccc2nccn12. The molecular formula is C14H11IN2O2. The van der Waals surface area contributed by atoms with Gasteiger partial charge in [-0.2, -0.15) is 0 Å². The molecule has 1 aromatic carbocycles. The molecule has 2 heterocycles. The second-order valence-corrected chi connectivity index (χ2v) is 4.45. The van der Waals surface area contributed by atoms with Crippen LogP contribution in [0.2, 0.25) is 0 Å². The van der Waals surface area contributed by atoms with Crippen molar-refractivity contribution in [1.29, 1.82) is 0 Å². The normalized spacial score (nSPS) is 10.6. The van der Waals surface area contributed by atoms with E-state index in [1.165, 1.54) is 0 Å². The van der Waals surface area contributed by atoms with Gasteiger partial charge in [-0.05, 0) is 24.3 Å². The van der Waals surface area contributed by atoms with Crippen molar-refractivity contribution in [2.75, 3.05) is 7.11 Å². The molecule has 0 aliphatic heterocycles. The van der Waals surface area contributed by atoms with Crippen molar-refractivity contribution in [2.45, 2.75) is 0 Å². The Kier molecular flexibility index (Phi) is 3.29. The molecule has 0 saturated carbocycles. The van der Waals surface area contributed by atoms with Gasteiger partial charge < -0.3 is 7.80 Å². The van der Waals surface area contributed by atoms with Crippen LogP contribution in [0.25, 0.3) is 16.9 Å². The van der Waals surface area contributed by atoms with E-state index in [-0.39, 0.29) is 0 Å². The van der Waals surface area contributed by atoms with E-state index in [0.29, 0.717) is 0 Å². The lowest BCUT2D eigenvalue weighted by atomic mass is 10.1. The summed E-state index contributed by atoms with van der Waals surface area (Å²) in [5.41, 5.74) is 2.95. The maximum Gasteiger partial charge on any atom is 0.192 e. The Balaban J connectivity index is 2.23. The van der Waals surface area contributed by atoms with Crippen LogP contribution in [-0.2, 0) is 0 Å². The van der Waals surface area contributed by atoms with E-state index in [1.807, 2.05) is 70.0 Å². The lowest BCUT2D eigenvalue weighted by Crippen LogP contribution is -1.94. The van der Waals surface area contributed by atoms with Crippen LogP contribution in [0.3, 0.4) is 0 Å². The fourth-order valence-electron chi connectivity index (χ4n) is 2.10. The first-order valence-electron chi connectivity index (χ1n) is 5.72. The van der Waals surface area contributed by atoms with Gasteiger partial charge in [-0.3, -0.25) is 4.40 Å². The molecule has 0 atom stereocenters. The largest absolute Gasteiger partial charge is 0.496 e. The summed E-state index contributed by atoms with van der Waals surface area (Å²) < 4.78 is 12.7.